The molecule has 1 saturated heterocycles. The van der Waals surface area contributed by atoms with Gasteiger partial charge in [0, 0.05) is 13.1 Å². The molecule has 0 aliphatic carbocycles. The van der Waals surface area contributed by atoms with Crippen LogP contribution in [-0.2, 0) is 13.2 Å². The van der Waals surface area contributed by atoms with E-state index in [0.717, 1.165) is 24.6 Å². The topological polar surface area (TPSA) is 35.5 Å². The third kappa shape index (κ3) is 3.80. The molecule has 0 bridgehead atoms. The van der Waals surface area contributed by atoms with E-state index in [4.69, 9.17) is 5.11 Å². The minimum absolute atomic E-state index is 0.128. The molecule has 1 aliphatic heterocycles. The van der Waals surface area contributed by atoms with Gasteiger partial charge in [0.25, 0.3) is 0 Å². The van der Waals surface area contributed by atoms with E-state index < -0.39 is 0 Å². The summed E-state index contributed by atoms with van der Waals surface area (Å²) in [6.45, 7) is 8.08. The maximum absolute atomic E-state index is 8.98. The standard InChI is InChI=1S/C15H24N2O/c1-2-17-8-7-15(11-17)10-16-9-13-3-5-14(12-18)6-4-13/h3-6,15-16,18H,2,7-12H2,1H3. The lowest BCUT2D eigenvalue weighted by Crippen LogP contribution is -2.26. The summed E-state index contributed by atoms with van der Waals surface area (Å²) >= 11 is 0. The van der Waals surface area contributed by atoms with Crippen molar-refractivity contribution in [2.75, 3.05) is 26.2 Å². The molecule has 0 amide bonds. The fourth-order valence-corrected chi connectivity index (χ4v) is 2.55. The van der Waals surface area contributed by atoms with Crippen LogP contribution in [0.15, 0.2) is 24.3 Å². The van der Waals surface area contributed by atoms with E-state index in [2.05, 4.69) is 29.3 Å². The molecule has 2 rings (SSSR count). The van der Waals surface area contributed by atoms with Gasteiger partial charge in [0.2, 0.25) is 0 Å². The van der Waals surface area contributed by atoms with Crippen molar-refractivity contribution < 1.29 is 5.11 Å². The summed E-state index contributed by atoms with van der Waals surface area (Å²) in [7, 11) is 0. The molecule has 1 unspecified atom stereocenters. The molecule has 0 saturated carbocycles. The van der Waals surface area contributed by atoms with Gasteiger partial charge in [0.15, 0.2) is 0 Å². The monoisotopic (exact) mass is 248 g/mol. The molecule has 1 heterocycles. The van der Waals surface area contributed by atoms with E-state index in [1.54, 1.807) is 0 Å². The highest BCUT2D eigenvalue weighted by Crippen LogP contribution is 2.14. The molecule has 100 valence electrons. The predicted octanol–water partition coefficient (Wildman–Crippen LogP) is 1.61. The van der Waals surface area contributed by atoms with E-state index in [1.165, 1.54) is 31.6 Å². The molecule has 1 aromatic carbocycles. The SMILES string of the molecule is CCN1CCC(CNCc2ccc(CO)cc2)C1. The van der Waals surface area contributed by atoms with Crippen LogP contribution >= 0.6 is 0 Å². The third-order valence-electron chi connectivity index (χ3n) is 3.78. The zero-order chi connectivity index (χ0) is 12.8. The summed E-state index contributed by atoms with van der Waals surface area (Å²) in [6.07, 6.45) is 1.32. The number of aliphatic hydroxyl groups excluding tert-OH is 1. The van der Waals surface area contributed by atoms with Crippen LogP contribution in [0, 0.1) is 5.92 Å². The molecular weight excluding hydrogens is 224 g/mol. The second kappa shape index (κ2) is 6.88. The summed E-state index contributed by atoms with van der Waals surface area (Å²) < 4.78 is 0. The molecule has 1 aromatic rings. The fraction of sp³-hybridized carbons (Fsp3) is 0.600. The second-order valence-corrected chi connectivity index (χ2v) is 5.15. The Bertz CT molecular complexity index is 350. The second-order valence-electron chi connectivity index (χ2n) is 5.15. The molecule has 1 aliphatic rings. The summed E-state index contributed by atoms with van der Waals surface area (Å²) in [5.74, 6) is 0.807. The average molecular weight is 248 g/mol. The van der Waals surface area contributed by atoms with Gasteiger partial charge in [-0.05, 0) is 43.1 Å². The summed E-state index contributed by atoms with van der Waals surface area (Å²) in [5.41, 5.74) is 2.27. The van der Waals surface area contributed by atoms with Gasteiger partial charge in [-0.3, -0.25) is 0 Å². The van der Waals surface area contributed by atoms with Crippen LogP contribution in [0.2, 0.25) is 0 Å². The van der Waals surface area contributed by atoms with Gasteiger partial charge in [-0.2, -0.15) is 0 Å². The van der Waals surface area contributed by atoms with Crippen molar-refractivity contribution in [3.05, 3.63) is 35.4 Å². The van der Waals surface area contributed by atoms with E-state index in [-0.39, 0.29) is 6.61 Å². The van der Waals surface area contributed by atoms with Gasteiger partial charge in [0.1, 0.15) is 0 Å². The van der Waals surface area contributed by atoms with Crippen molar-refractivity contribution in [1.29, 1.82) is 0 Å². The zero-order valence-corrected chi connectivity index (χ0v) is 11.2. The minimum Gasteiger partial charge on any atom is -0.392 e. The van der Waals surface area contributed by atoms with E-state index in [9.17, 15) is 0 Å². The molecule has 0 aromatic heterocycles. The maximum Gasteiger partial charge on any atom is 0.0681 e. The van der Waals surface area contributed by atoms with Crippen molar-refractivity contribution in [3.63, 3.8) is 0 Å². The minimum atomic E-state index is 0.128. The third-order valence-corrected chi connectivity index (χ3v) is 3.78. The van der Waals surface area contributed by atoms with E-state index in [1.807, 2.05) is 12.1 Å². The highest BCUT2D eigenvalue weighted by Gasteiger charge is 2.20. The van der Waals surface area contributed by atoms with Crippen LogP contribution in [0.3, 0.4) is 0 Å². The Morgan fingerprint density at radius 2 is 2.00 bits per heavy atom. The van der Waals surface area contributed by atoms with Crippen molar-refractivity contribution in [3.8, 4) is 0 Å². The van der Waals surface area contributed by atoms with Crippen molar-refractivity contribution in [1.82, 2.24) is 10.2 Å². The number of likely N-dealkylation sites (tertiary alicyclic amines) is 1. The molecule has 1 atom stereocenters. The van der Waals surface area contributed by atoms with Crippen LogP contribution in [0.4, 0.5) is 0 Å². The molecule has 3 nitrogen and oxygen atoms in total. The Kier molecular flexibility index (Phi) is 5.17. The zero-order valence-electron chi connectivity index (χ0n) is 11.2. The van der Waals surface area contributed by atoms with Crippen molar-refractivity contribution >= 4 is 0 Å². The van der Waals surface area contributed by atoms with Gasteiger partial charge in [-0.25, -0.2) is 0 Å². The maximum atomic E-state index is 8.98. The molecule has 0 spiro atoms. The predicted molar refractivity (Wildman–Crippen MR) is 74.3 cm³/mol. The molecule has 3 heteroatoms. The van der Waals surface area contributed by atoms with Crippen LogP contribution in [-0.4, -0.2) is 36.2 Å². The summed E-state index contributed by atoms with van der Waals surface area (Å²) in [6, 6.07) is 8.16. The highest BCUT2D eigenvalue weighted by atomic mass is 16.3. The Morgan fingerprint density at radius 3 is 2.61 bits per heavy atom. The average Bonchev–Trinajstić information content (AvgIpc) is 2.87. The number of hydrogen-bond donors (Lipinski definition) is 2. The lowest BCUT2D eigenvalue weighted by atomic mass is 10.1. The van der Waals surface area contributed by atoms with Crippen LogP contribution in [0.5, 0.6) is 0 Å². The number of aliphatic hydroxyl groups is 1. The molecular formula is C15H24N2O. The highest BCUT2D eigenvalue weighted by molar-refractivity contribution is 5.21. The van der Waals surface area contributed by atoms with Crippen LogP contribution < -0.4 is 5.32 Å². The first-order valence-corrected chi connectivity index (χ1v) is 6.93. The smallest absolute Gasteiger partial charge is 0.0681 e. The van der Waals surface area contributed by atoms with Gasteiger partial charge < -0.3 is 15.3 Å². The number of hydrogen-bond acceptors (Lipinski definition) is 3. The van der Waals surface area contributed by atoms with Crippen LogP contribution in [0.1, 0.15) is 24.5 Å². The number of benzene rings is 1. The van der Waals surface area contributed by atoms with Gasteiger partial charge in [0.05, 0.1) is 6.61 Å². The Morgan fingerprint density at radius 1 is 1.28 bits per heavy atom. The molecule has 0 radical (unpaired) electrons. The first-order valence-electron chi connectivity index (χ1n) is 6.93. The fourth-order valence-electron chi connectivity index (χ4n) is 2.55. The molecule has 1 fully saturated rings. The van der Waals surface area contributed by atoms with Gasteiger partial charge in [-0.15, -0.1) is 0 Å². The quantitative estimate of drug-likeness (QED) is 0.803. The Hall–Kier alpha value is -0.900. The van der Waals surface area contributed by atoms with Crippen LogP contribution in [0.25, 0.3) is 0 Å². The van der Waals surface area contributed by atoms with Gasteiger partial charge >= 0.3 is 0 Å². The Balaban J connectivity index is 1.68. The Labute approximate surface area is 110 Å². The number of rotatable bonds is 6. The lowest BCUT2D eigenvalue weighted by Gasteiger charge is -2.13. The first-order chi connectivity index (χ1) is 8.81. The normalized spacial score (nSPS) is 20.4. The van der Waals surface area contributed by atoms with Gasteiger partial charge in [-0.1, -0.05) is 31.2 Å². The lowest BCUT2D eigenvalue weighted by molar-refractivity contribution is 0.282. The van der Waals surface area contributed by atoms with Crippen molar-refractivity contribution in [2.45, 2.75) is 26.5 Å². The number of nitrogens with zero attached hydrogens (tertiary/aromatic N) is 1. The largest absolute Gasteiger partial charge is 0.392 e. The summed E-state index contributed by atoms with van der Waals surface area (Å²) in [4.78, 5) is 2.52. The summed E-state index contributed by atoms with van der Waals surface area (Å²) in [5, 5.41) is 12.5. The molecule has 18 heavy (non-hydrogen) atoms. The molecule has 2 N–H and O–H groups in total. The van der Waals surface area contributed by atoms with Crippen molar-refractivity contribution in [2.24, 2.45) is 5.92 Å². The first kappa shape index (κ1) is 13.5. The number of nitrogens with one attached hydrogen (secondary N) is 1. The van der Waals surface area contributed by atoms with E-state index in [0.29, 0.717) is 0 Å². The van der Waals surface area contributed by atoms with E-state index >= 15 is 0 Å².